The molecule has 1 heterocycles. The molecule has 0 amide bonds. The van der Waals surface area contributed by atoms with Crippen LogP contribution in [0, 0.1) is 0 Å². The Balaban J connectivity index is 1.90. The monoisotopic (exact) mass is 724 g/mol. The van der Waals surface area contributed by atoms with Crippen molar-refractivity contribution in [3.63, 3.8) is 0 Å². The first-order chi connectivity index (χ1) is 25.8. The molecule has 0 bridgehead atoms. The molecule has 1 aromatic rings. The van der Waals surface area contributed by atoms with Crippen molar-refractivity contribution in [3.8, 4) is 0 Å². The van der Waals surface area contributed by atoms with Crippen molar-refractivity contribution >= 4 is 0 Å². The van der Waals surface area contributed by atoms with Crippen LogP contribution in [0.3, 0.4) is 0 Å². The number of rotatable bonds is 43. The number of hydrogen-bond acceptors (Lipinski definition) is 1. The standard InChI is InChI=1S/C51H97N/c1-4-7-9-11-13-15-17-19-21-23-25-27-29-31-33-35-37-39-41-43-45-50-47-49(6-3)48-51(52-50)46-44-42-40-38-36-34-32-30-28-26-24-22-20-18-16-14-12-10-8-5-2/h47-48H,4-46H2,1-3H3. The molecular formula is C51H97N. The van der Waals surface area contributed by atoms with E-state index in [0.717, 1.165) is 6.42 Å². The zero-order chi connectivity index (χ0) is 37.3. The second-order valence-electron chi connectivity index (χ2n) is 17.2. The van der Waals surface area contributed by atoms with Gasteiger partial charge in [0.05, 0.1) is 0 Å². The molecule has 0 aromatic carbocycles. The van der Waals surface area contributed by atoms with Crippen molar-refractivity contribution in [2.75, 3.05) is 0 Å². The zero-order valence-electron chi connectivity index (χ0n) is 36.5. The fraction of sp³-hybridized carbons (Fsp3) is 0.902. The quantitative estimate of drug-likeness (QED) is 0.0611. The highest BCUT2D eigenvalue weighted by atomic mass is 14.7. The molecule has 306 valence electrons. The summed E-state index contributed by atoms with van der Waals surface area (Å²) in [6.45, 7) is 6.92. The summed E-state index contributed by atoms with van der Waals surface area (Å²) in [6, 6.07) is 4.80. The SMILES string of the molecule is CCCCCCCCCCCCCCCCCCCCCCc1cc(CC)cc(CCCCCCCCCCCCCCCCCCCCCC)n1. The third-order valence-corrected chi connectivity index (χ3v) is 12.0. The van der Waals surface area contributed by atoms with Gasteiger partial charge in [-0.15, -0.1) is 0 Å². The van der Waals surface area contributed by atoms with Gasteiger partial charge in [-0.3, -0.25) is 4.98 Å². The Hall–Kier alpha value is -0.850. The molecule has 0 N–H and O–H groups in total. The molecule has 0 saturated heterocycles. The number of unbranched alkanes of at least 4 members (excludes halogenated alkanes) is 38. The Morgan fingerprint density at radius 2 is 0.462 bits per heavy atom. The van der Waals surface area contributed by atoms with E-state index in [1.54, 1.807) is 0 Å². The molecule has 1 nitrogen and oxygen atoms in total. The van der Waals surface area contributed by atoms with Crippen molar-refractivity contribution in [2.24, 2.45) is 0 Å². The molecule has 1 heteroatoms. The van der Waals surface area contributed by atoms with E-state index in [9.17, 15) is 0 Å². The first-order valence-electron chi connectivity index (χ1n) is 24.8. The Morgan fingerprint density at radius 1 is 0.269 bits per heavy atom. The van der Waals surface area contributed by atoms with Crippen LogP contribution in [0.1, 0.15) is 295 Å². The Labute approximate surface area is 329 Å². The first-order valence-corrected chi connectivity index (χ1v) is 24.8. The van der Waals surface area contributed by atoms with E-state index in [0.29, 0.717) is 0 Å². The number of aromatic nitrogens is 1. The summed E-state index contributed by atoms with van der Waals surface area (Å²) in [4.78, 5) is 5.12. The minimum atomic E-state index is 1.14. The summed E-state index contributed by atoms with van der Waals surface area (Å²) in [5, 5.41) is 0. The van der Waals surface area contributed by atoms with E-state index in [4.69, 9.17) is 4.98 Å². The van der Waals surface area contributed by atoms with E-state index in [1.165, 1.54) is 287 Å². The van der Waals surface area contributed by atoms with Gasteiger partial charge >= 0.3 is 0 Å². The summed E-state index contributed by atoms with van der Waals surface area (Å²) in [6.07, 6.45) is 61.4. The molecule has 0 aliphatic heterocycles. The predicted molar refractivity (Wildman–Crippen MR) is 237 cm³/mol. The number of aryl methyl sites for hydroxylation is 3. The van der Waals surface area contributed by atoms with Crippen LogP contribution in [0.2, 0.25) is 0 Å². The van der Waals surface area contributed by atoms with Crippen LogP contribution in [0.5, 0.6) is 0 Å². The maximum Gasteiger partial charge on any atom is 0.0409 e. The fourth-order valence-corrected chi connectivity index (χ4v) is 8.30. The summed E-state index contributed by atoms with van der Waals surface area (Å²) in [7, 11) is 0. The lowest BCUT2D eigenvalue weighted by molar-refractivity contribution is 0.521. The van der Waals surface area contributed by atoms with Crippen molar-refractivity contribution in [3.05, 3.63) is 29.1 Å². The molecule has 0 aliphatic carbocycles. The average Bonchev–Trinajstić information content (AvgIpc) is 3.16. The highest BCUT2D eigenvalue weighted by Gasteiger charge is 2.04. The molecule has 0 spiro atoms. The third-order valence-electron chi connectivity index (χ3n) is 12.0. The minimum Gasteiger partial charge on any atom is -0.258 e. The van der Waals surface area contributed by atoms with Gasteiger partial charge in [0.2, 0.25) is 0 Å². The molecule has 0 aliphatic rings. The molecule has 1 aromatic heterocycles. The molecule has 0 atom stereocenters. The van der Waals surface area contributed by atoms with E-state index < -0.39 is 0 Å². The third kappa shape index (κ3) is 34.9. The van der Waals surface area contributed by atoms with Crippen LogP contribution in [0.4, 0.5) is 0 Å². The van der Waals surface area contributed by atoms with E-state index >= 15 is 0 Å². The number of nitrogens with zero attached hydrogens (tertiary/aromatic N) is 1. The van der Waals surface area contributed by atoms with Crippen LogP contribution in [0.25, 0.3) is 0 Å². The summed E-state index contributed by atoms with van der Waals surface area (Å²) in [5.74, 6) is 0. The van der Waals surface area contributed by atoms with Crippen LogP contribution in [-0.2, 0) is 19.3 Å². The van der Waals surface area contributed by atoms with Gasteiger partial charge < -0.3 is 0 Å². The summed E-state index contributed by atoms with van der Waals surface area (Å²) >= 11 is 0. The summed E-state index contributed by atoms with van der Waals surface area (Å²) < 4.78 is 0. The molecule has 0 saturated carbocycles. The van der Waals surface area contributed by atoms with E-state index in [-0.39, 0.29) is 0 Å². The van der Waals surface area contributed by atoms with Gasteiger partial charge in [-0.05, 0) is 49.8 Å². The fourth-order valence-electron chi connectivity index (χ4n) is 8.30. The number of hydrogen-bond donors (Lipinski definition) is 0. The first kappa shape index (κ1) is 49.2. The topological polar surface area (TPSA) is 12.9 Å². The largest absolute Gasteiger partial charge is 0.258 e. The van der Waals surface area contributed by atoms with Crippen molar-refractivity contribution in [1.29, 1.82) is 0 Å². The van der Waals surface area contributed by atoms with Crippen molar-refractivity contribution < 1.29 is 0 Å². The Bertz CT molecular complexity index is 751. The minimum absolute atomic E-state index is 1.14. The highest BCUT2D eigenvalue weighted by Crippen LogP contribution is 2.18. The van der Waals surface area contributed by atoms with Gasteiger partial charge in [0.25, 0.3) is 0 Å². The van der Waals surface area contributed by atoms with Gasteiger partial charge in [-0.25, -0.2) is 0 Å². The average molecular weight is 724 g/mol. The van der Waals surface area contributed by atoms with E-state index in [2.05, 4.69) is 32.9 Å². The van der Waals surface area contributed by atoms with Crippen molar-refractivity contribution in [2.45, 2.75) is 297 Å². The predicted octanol–water partition coefficient (Wildman–Crippen LogP) is 18.4. The smallest absolute Gasteiger partial charge is 0.0409 e. The molecule has 0 unspecified atom stereocenters. The Morgan fingerprint density at radius 3 is 0.654 bits per heavy atom. The van der Waals surface area contributed by atoms with E-state index in [1.807, 2.05) is 0 Å². The van der Waals surface area contributed by atoms with Crippen LogP contribution in [-0.4, -0.2) is 4.98 Å². The van der Waals surface area contributed by atoms with Crippen molar-refractivity contribution in [1.82, 2.24) is 4.98 Å². The van der Waals surface area contributed by atoms with Gasteiger partial charge in [0.1, 0.15) is 0 Å². The molecular weight excluding hydrogens is 627 g/mol. The van der Waals surface area contributed by atoms with Gasteiger partial charge in [0, 0.05) is 11.4 Å². The Kier molecular flexibility index (Phi) is 39.1. The van der Waals surface area contributed by atoms with Gasteiger partial charge in [0.15, 0.2) is 0 Å². The molecule has 0 radical (unpaired) electrons. The van der Waals surface area contributed by atoms with Crippen LogP contribution < -0.4 is 0 Å². The lowest BCUT2D eigenvalue weighted by Crippen LogP contribution is -1.99. The van der Waals surface area contributed by atoms with Gasteiger partial charge in [-0.2, -0.15) is 0 Å². The normalized spacial score (nSPS) is 11.6. The highest BCUT2D eigenvalue weighted by molar-refractivity contribution is 5.22. The van der Waals surface area contributed by atoms with Crippen LogP contribution >= 0.6 is 0 Å². The number of pyridine rings is 1. The second-order valence-corrected chi connectivity index (χ2v) is 17.2. The van der Waals surface area contributed by atoms with Crippen LogP contribution in [0.15, 0.2) is 12.1 Å². The molecule has 52 heavy (non-hydrogen) atoms. The molecule has 1 rings (SSSR count). The van der Waals surface area contributed by atoms with Gasteiger partial charge in [-0.1, -0.05) is 265 Å². The zero-order valence-corrected chi connectivity index (χ0v) is 36.5. The maximum absolute atomic E-state index is 5.12. The maximum atomic E-state index is 5.12. The lowest BCUT2D eigenvalue weighted by atomic mass is 10.0. The second kappa shape index (κ2) is 41.3. The lowest BCUT2D eigenvalue weighted by Gasteiger charge is -2.09. The molecule has 0 fully saturated rings. The summed E-state index contributed by atoms with van der Waals surface area (Å²) in [5.41, 5.74) is 4.23.